The Morgan fingerprint density at radius 1 is 1.16 bits per heavy atom. The summed E-state index contributed by atoms with van der Waals surface area (Å²) in [6.45, 7) is 3.32. The number of hydrogen-bond acceptors (Lipinski definition) is 7. The van der Waals surface area contributed by atoms with Gasteiger partial charge in [0.25, 0.3) is 5.91 Å². The first-order valence-electron chi connectivity index (χ1n) is 7.74. The third kappa shape index (κ3) is 6.21. The number of nitrogens with two attached hydrogens (primary N) is 1. The van der Waals surface area contributed by atoms with Crippen LogP contribution in [0.5, 0.6) is 0 Å². The van der Waals surface area contributed by atoms with Gasteiger partial charge in [0.05, 0.1) is 25.6 Å². The summed E-state index contributed by atoms with van der Waals surface area (Å²) < 4.78 is 9.68. The zero-order valence-corrected chi connectivity index (χ0v) is 14.1. The molecule has 1 heterocycles. The summed E-state index contributed by atoms with van der Waals surface area (Å²) in [5, 5.41) is 2.34. The summed E-state index contributed by atoms with van der Waals surface area (Å²) in [5.41, 5.74) is 5.35. The highest BCUT2D eigenvalue weighted by Gasteiger charge is 2.37. The molecule has 2 amide bonds. The molecule has 0 fully saturated rings. The van der Waals surface area contributed by atoms with Gasteiger partial charge in [0, 0.05) is 6.20 Å². The lowest BCUT2D eigenvalue weighted by Crippen LogP contribution is -2.52. The van der Waals surface area contributed by atoms with E-state index in [1.54, 1.807) is 26.0 Å². The maximum Gasteiger partial charge on any atom is 0.312 e. The summed E-state index contributed by atoms with van der Waals surface area (Å²) in [5.74, 6) is -4.53. The molecule has 0 aliphatic rings. The van der Waals surface area contributed by atoms with Crippen LogP contribution < -0.4 is 11.1 Å². The number of nitrogens with one attached hydrogen (secondary N) is 1. The minimum atomic E-state index is -1.45. The maximum atomic E-state index is 12.2. The molecule has 2 atom stereocenters. The summed E-state index contributed by atoms with van der Waals surface area (Å²) >= 11 is 0. The molecule has 0 aromatic carbocycles. The fourth-order valence-corrected chi connectivity index (χ4v) is 2.07. The Morgan fingerprint density at radius 2 is 1.84 bits per heavy atom. The van der Waals surface area contributed by atoms with Crippen LogP contribution in [0.4, 0.5) is 0 Å². The predicted molar refractivity (Wildman–Crippen MR) is 86.1 cm³/mol. The summed E-state index contributed by atoms with van der Waals surface area (Å²) in [7, 11) is 0. The lowest BCUT2D eigenvalue weighted by Gasteiger charge is -2.23. The van der Waals surface area contributed by atoms with Crippen molar-refractivity contribution < 1.29 is 28.7 Å². The highest BCUT2D eigenvalue weighted by molar-refractivity contribution is 5.98. The number of aromatic nitrogens is 1. The minimum Gasteiger partial charge on any atom is -0.466 e. The summed E-state index contributed by atoms with van der Waals surface area (Å²) in [6.07, 6.45) is 0.943. The van der Waals surface area contributed by atoms with Gasteiger partial charge in [-0.1, -0.05) is 6.07 Å². The number of carbonyl (C=O) groups excluding carboxylic acids is 4. The molecule has 3 N–H and O–H groups in total. The van der Waals surface area contributed by atoms with Crippen molar-refractivity contribution >= 4 is 23.8 Å². The van der Waals surface area contributed by atoms with Crippen molar-refractivity contribution in [3.05, 3.63) is 30.1 Å². The molecule has 1 rings (SSSR count). The zero-order chi connectivity index (χ0) is 18.8. The first kappa shape index (κ1) is 20.1. The molecule has 0 saturated carbocycles. The molecule has 1 aromatic rings. The van der Waals surface area contributed by atoms with Gasteiger partial charge in [0.15, 0.2) is 0 Å². The molecule has 0 radical (unpaired) electrons. The first-order valence-corrected chi connectivity index (χ1v) is 7.74. The predicted octanol–water partition coefficient (Wildman–Crippen LogP) is -0.202. The highest BCUT2D eigenvalue weighted by Crippen LogP contribution is 2.14. The standard InChI is InChI=1S/C16H21N3O6/c1-3-24-12(20)9-10(16(23)25-4-2)13(14(17)21)19-15(22)11-7-5-6-8-18-11/h5-8,10,13H,3-4,9H2,1-2H3,(H2,17,21)(H,19,22)/t10-,13+/m0/s1. The second-order valence-electron chi connectivity index (χ2n) is 4.94. The van der Waals surface area contributed by atoms with E-state index in [1.165, 1.54) is 12.3 Å². The molecule has 0 aliphatic heterocycles. The molecule has 25 heavy (non-hydrogen) atoms. The average Bonchev–Trinajstić information content (AvgIpc) is 2.58. The monoisotopic (exact) mass is 351 g/mol. The number of pyridine rings is 1. The van der Waals surface area contributed by atoms with Crippen LogP contribution in [-0.4, -0.2) is 48.0 Å². The number of rotatable bonds is 9. The molecular weight excluding hydrogens is 330 g/mol. The Kier molecular flexibility index (Phi) is 8.04. The van der Waals surface area contributed by atoms with Gasteiger partial charge in [-0.3, -0.25) is 24.2 Å². The number of ether oxygens (including phenoxy) is 2. The maximum absolute atomic E-state index is 12.2. The van der Waals surface area contributed by atoms with E-state index >= 15 is 0 Å². The zero-order valence-electron chi connectivity index (χ0n) is 14.1. The average molecular weight is 351 g/mol. The topological polar surface area (TPSA) is 138 Å². The molecule has 1 aromatic heterocycles. The van der Waals surface area contributed by atoms with Crippen LogP contribution in [0.25, 0.3) is 0 Å². The van der Waals surface area contributed by atoms with E-state index in [-0.39, 0.29) is 18.9 Å². The SMILES string of the molecule is CCOC(=O)C[C@H](C(=O)OCC)[C@@H](NC(=O)c1ccccn1)C(N)=O. The Labute approximate surface area is 144 Å². The molecule has 9 nitrogen and oxygen atoms in total. The largest absolute Gasteiger partial charge is 0.466 e. The molecule has 0 bridgehead atoms. The van der Waals surface area contributed by atoms with Crippen molar-refractivity contribution in [1.29, 1.82) is 0 Å². The fourth-order valence-electron chi connectivity index (χ4n) is 2.07. The lowest BCUT2D eigenvalue weighted by atomic mass is 9.95. The molecule has 0 aliphatic carbocycles. The van der Waals surface area contributed by atoms with E-state index in [0.29, 0.717) is 0 Å². The molecular formula is C16H21N3O6. The Balaban J connectivity index is 3.01. The number of amides is 2. The van der Waals surface area contributed by atoms with Gasteiger partial charge in [-0.05, 0) is 26.0 Å². The van der Waals surface area contributed by atoms with Gasteiger partial charge >= 0.3 is 11.9 Å². The smallest absolute Gasteiger partial charge is 0.312 e. The lowest BCUT2D eigenvalue weighted by molar-refractivity contribution is -0.156. The van der Waals surface area contributed by atoms with Crippen molar-refractivity contribution in [2.75, 3.05) is 13.2 Å². The van der Waals surface area contributed by atoms with E-state index in [0.717, 1.165) is 0 Å². The van der Waals surface area contributed by atoms with Crippen LogP contribution in [0.1, 0.15) is 30.8 Å². The van der Waals surface area contributed by atoms with Crippen LogP contribution in [0.3, 0.4) is 0 Å². The Hall–Kier alpha value is -2.97. The van der Waals surface area contributed by atoms with Crippen LogP contribution in [0, 0.1) is 5.92 Å². The van der Waals surface area contributed by atoms with Crippen LogP contribution >= 0.6 is 0 Å². The van der Waals surface area contributed by atoms with Crippen LogP contribution in [0.15, 0.2) is 24.4 Å². The Bertz CT molecular complexity index is 620. The summed E-state index contributed by atoms with van der Waals surface area (Å²) in [4.78, 5) is 51.7. The first-order chi connectivity index (χ1) is 11.9. The second-order valence-corrected chi connectivity index (χ2v) is 4.94. The second kappa shape index (κ2) is 10.0. The van der Waals surface area contributed by atoms with Gasteiger partial charge < -0.3 is 20.5 Å². The number of nitrogens with zero attached hydrogens (tertiary/aromatic N) is 1. The quantitative estimate of drug-likeness (QED) is 0.587. The van der Waals surface area contributed by atoms with Crippen LogP contribution in [0.2, 0.25) is 0 Å². The van der Waals surface area contributed by atoms with E-state index in [1.807, 2.05) is 0 Å². The number of carbonyl (C=O) groups is 4. The Morgan fingerprint density at radius 3 is 2.36 bits per heavy atom. The molecule has 9 heteroatoms. The number of esters is 2. The molecule has 136 valence electrons. The number of primary amides is 1. The minimum absolute atomic E-state index is 0.0347. The van der Waals surface area contributed by atoms with Crippen molar-refractivity contribution in [3.8, 4) is 0 Å². The molecule has 0 unspecified atom stereocenters. The third-order valence-electron chi connectivity index (χ3n) is 3.17. The van der Waals surface area contributed by atoms with Gasteiger partial charge in [0.2, 0.25) is 5.91 Å². The van der Waals surface area contributed by atoms with Crippen molar-refractivity contribution in [3.63, 3.8) is 0 Å². The molecule has 0 spiro atoms. The number of hydrogen-bond donors (Lipinski definition) is 2. The van der Waals surface area contributed by atoms with Gasteiger partial charge in [-0.2, -0.15) is 0 Å². The third-order valence-corrected chi connectivity index (χ3v) is 3.17. The van der Waals surface area contributed by atoms with Crippen molar-refractivity contribution in [1.82, 2.24) is 10.3 Å². The van der Waals surface area contributed by atoms with E-state index < -0.39 is 42.1 Å². The molecule has 0 saturated heterocycles. The van der Waals surface area contributed by atoms with Gasteiger partial charge in [-0.15, -0.1) is 0 Å². The van der Waals surface area contributed by atoms with E-state index in [2.05, 4.69) is 10.3 Å². The highest BCUT2D eigenvalue weighted by atomic mass is 16.5. The van der Waals surface area contributed by atoms with Gasteiger partial charge in [0.1, 0.15) is 11.7 Å². The van der Waals surface area contributed by atoms with Crippen molar-refractivity contribution in [2.45, 2.75) is 26.3 Å². The normalized spacial score (nSPS) is 12.6. The van der Waals surface area contributed by atoms with Crippen molar-refractivity contribution in [2.24, 2.45) is 11.7 Å². The van der Waals surface area contributed by atoms with E-state index in [9.17, 15) is 19.2 Å². The van der Waals surface area contributed by atoms with Gasteiger partial charge in [-0.25, -0.2) is 0 Å². The fraction of sp³-hybridized carbons (Fsp3) is 0.438. The van der Waals surface area contributed by atoms with E-state index in [4.69, 9.17) is 15.2 Å². The van der Waals surface area contributed by atoms with Crippen LogP contribution in [-0.2, 0) is 23.9 Å². The summed E-state index contributed by atoms with van der Waals surface area (Å²) in [6, 6.07) is 3.18.